The molecule has 3 rings (SSSR count). The van der Waals surface area contributed by atoms with Gasteiger partial charge in [0.2, 0.25) is 0 Å². The lowest BCUT2D eigenvalue weighted by atomic mass is 9.96. The lowest BCUT2D eigenvalue weighted by Crippen LogP contribution is -2.44. The Bertz CT molecular complexity index is 834. The summed E-state index contributed by atoms with van der Waals surface area (Å²) in [5.41, 5.74) is 2.06. The van der Waals surface area contributed by atoms with Crippen molar-refractivity contribution in [3.63, 3.8) is 0 Å². The molecule has 6 nitrogen and oxygen atoms in total. The second kappa shape index (κ2) is 7.72. The molecule has 0 bridgehead atoms. The molecule has 1 fully saturated rings. The van der Waals surface area contributed by atoms with Crippen molar-refractivity contribution >= 4 is 22.8 Å². The number of rotatable bonds is 5. The van der Waals surface area contributed by atoms with E-state index in [0.717, 1.165) is 35.9 Å². The number of carbonyl (C=O) groups excluding carboxylic acids is 1. The molecule has 1 aromatic heterocycles. The van der Waals surface area contributed by atoms with Crippen LogP contribution >= 0.6 is 0 Å². The molecule has 1 atom stereocenters. The molecule has 1 unspecified atom stereocenters. The number of pyridine rings is 1. The Hall–Kier alpha value is -2.63. The van der Waals surface area contributed by atoms with Crippen LogP contribution in [0.25, 0.3) is 10.9 Å². The summed E-state index contributed by atoms with van der Waals surface area (Å²) < 4.78 is 5.23. The predicted octanol–water partition coefficient (Wildman–Crippen LogP) is 3.41. The van der Waals surface area contributed by atoms with Crippen LogP contribution in [0, 0.1) is 6.92 Å². The monoisotopic (exact) mass is 356 g/mol. The van der Waals surface area contributed by atoms with E-state index in [1.165, 1.54) is 0 Å². The Balaban J connectivity index is 1.89. The van der Waals surface area contributed by atoms with Crippen LogP contribution in [0.5, 0.6) is 5.75 Å². The third-order valence-electron chi connectivity index (χ3n) is 5.03. The van der Waals surface area contributed by atoms with E-state index in [0.29, 0.717) is 24.2 Å². The minimum Gasteiger partial charge on any atom is -0.497 e. The summed E-state index contributed by atoms with van der Waals surface area (Å²) in [6.07, 6.45) is 3.42. The minimum absolute atomic E-state index is 0.0154. The zero-order valence-electron chi connectivity index (χ0n) is 15.2. The fourth-order valence-electron chi connectivity index (χ4n) is 3.60. The van der Waals surface area contributed by atoms with Gasteiger partial charge in [-0.05, 0) is 50.8 Å². The number of piperidine rings is 1. The second-order valence-corrected chi connectivity index (χ2v) is 6.76. The average Bonchev–Trinajstić information content (AvgIpc) is 2.65. The molecule has 0 saturated carbocycles. The average molecular weight is 356 g/mol. The van der Waals surface area contributed by atoms with Crippen molar-refractivity contribution in [3.05, 3.63) is 35.5 Å². The van der Waals surface area contributed by atoms with Crippen LogP contribution in [0.4, 0.5) is 0 Å². The maximum atomic E-state index is 13.2. The van der Waals surface area contributed by atoms with Gasteiger partial charge in [-0.1, -0.05) is 0 Å². The molecule has 1 aromatic carbocycles. The van der Waals surface area contributed by atoms with E-state index < -0.39 is 5.97 Å². The van der Waals surface area contributed by atoms with Gasteiger partial charge in [-0.25, -0.2) is 0 Å². The molecule has 1 aliphatic heterocycles. The van der Waals surface area contributed by atoms with Crippen molar-refractivity contribution in [1.29, 1.82) is 0 Å². The second-order valence-electron chi connectivity index (χ2n) is 6.76. The Kier molecular flexibility index (Phi) is 5.40. The fourth-order valence-corrected chi connectivity index (χ4v) is 3.60. The smallest absolute Gasteiger partial charge is 0.303 e. The SMILES string of the molecule is COc1ccc2cc(C(=O)N3CCCCC3CCC(=O)O)c(C)nc2c1. The number of methoxy groups -OCH3 is 1. The molecule has 1 aliphatic rings. The molecule has 1 N–H and O–H groups in total. The van der Waals surface area contributed by atoms with Gasteiger partial charge in [-0.15, -0.1) is 0 Å². The first-order valence-electron chi connectivity index (χ1n) is 8.97. The Morgan fingerprint density at radius 3 is 2.85 bits per heavy atom. The van der Waals surface area contributed by atoms with Gasteiger partial charge in [0, 0.05) is 30.5 Å². The number of carbonyl (C=O) groups is 2. The number of carboxylic acids is 1. The Labute approximate surface area is 152 Å². The number of benzene rings is 1. The standard InChI is InChI=1S/C20H24N2O4/c1-13-17(11-14-6-8-16(26-2)12-18(14)21-13)20(25)22-10-4-3-5-15(22)7-9-19(23)24/h6,8,11-12,15H,3-5,7,9-10H2,1-2H3,(H,23,24). The number of aliphatic carboxylic acids is 1. The summed E-state index contributed by atoms with van der Waals surface area (Å²) in [5, 5.41) is 9.86. The summed E-state index contributed by atoms with van der Waals surface area (Å²) in [5.74, 6) is -0.142. The number of hydrogen-bond acceptors (Lipinski definition) is 4. The number of hydrogen-bond donors (Lipinski definition) is 1. The minimum atomic E-state index is -0.819. The van der Waals surface area contributed by atoms with Crippen LogP contribution in [0.1, 0.15) is 48.2 Å². The first-order chi connectivity index (χ1) is 12.5. The molecule has 2 heterocycles. The summed E-state index contributed by atoms with van der Waals surface area (Å²) >= 11 is 0. The Morgan fingerprint density at radius 2 is 2.12 bits per heavy atom. The highest BCUT2D eigenvalue weighted by Gasteiger charge is 2.29. The van der Waals surface area contributed by atoms with Gasteiger partial charge in [0.25, 0.3) is 5.91 Å². The maximum absolute atomic E-state index is 13.2. The summed E-state index contributed by atoms with van der Waals surface area (Å²) in [6.45, 7) is 2.51. The van der Waals surface area contributed by atoms with Gasteiger partial charge in [0.1, 0.15) is 5.75 Å². The van der Waals surface area contributed by atoms with Crippen molar-refractivity contribution in [3.8, 4) is 5.75 Å². The lowest BCUT2D eigenvalue weighted by molar-refractivity contribution is -0.137. The van der Waals surface area contributed by atoms with Gasteiger partial charge in [-0.2, -0.15) is 0 Å². The molecule has 0 spiro atoms. The highest BCUT2D eigenvalue weighted by atomic mass is 16.5. The number of carboxylic acid groups (broad SMARTS) is 1. The van der Waals surface area contributed by atoms with E-state index in [9.17, 15) is 9.59 Å². The first kappa shape index (κ1) is 18.2. The van der Waals surface area contributed by atoms with Crippen LogP contribution in [0.3, 0.4) is 0 Å². The predicted molar refractivity (Wildman–Crippen MR) is 98.6 cm³/mol. The molecule has 2 aromatic rings. The first-order valence-corrected chi connectivity index (χ1v) is 8.97. The summed E-state index contributed by atoms with van der Waals surface area (Å²) in [6, 6.07) is 7.47. The number of aryl methyl sites for hydroxylation is 1. The largest absolute Gasteiger partial charge is 0.497 e. The lowest BCUT2D eigenvalue weighted by Gasteiger charge is -2.36. The molecule has 26 heavy (non-hydrogen) atoms. The maximum Gasteiger partial charge on any atom is 0.303 e. The third-order valence-corrected chi connectivity index (χ3v) is 5.03. The van der Waals surface area contributed by atoms with E-state index in [-0.39, 0.29) is 18.4 Å². The van der Waals surface area contributed by atoms with Gasteiger partial charge >= 0.3 is 5.97 Å². The van der Waals surface area contributed by atoms with Crippen molar-refractivity contribution in [2.45, 2.75) is 45.1 Å². The molecule has 0 aliphatic carbocycles. The van der Waals surface area contributed by atoms with Crippen LogP contribution < -0.4 is 4.74 Å². The van der Waals surface area contributed by atoms with Gasteiger partial charge in [0.15, 0.2) is 0 Å². The van der Waals surface area contributed by atoms with E-state index >= 15 is 0 Å². The number of aromatic nitrogens is 1. The van der Waals surface area contributed by atoms with Crippen LogP contribution in [0.2, 0.25) is 0 Å². The normalized spacial score (nSPS) is 17.3. The van der Waals surface area contributed by atoms with Gasteiger partial charge < -0.3 is 14.7 Å². The highest BCUT2D eigenvalue weighted by Crippen LogP contribution is 2.26. The van der Waals surface area contributed by atoms with E-state index in [2.05, 4.69) is 4.98 Å². The summed E-state index contributed by atoms with van der Waals surface area (Å²) in [4.78, 5) is 30.5. The number of nitrogens with zero attached hydrogens (tertiary/aromatic N) is 2. The van der Waals surface area contributed by atoms with Crippen LogP contribution in [-0.4, -0.2) is 46.6 Å². The van der Waals surface area contributed by atoms with E-state index in [1.54, 1.807) is 7.11 Å². The van der Waals surface area contributed by atoms with Crippen molar-refractivity contribution in [2.24, 2.45) is 0 Å². The molecule has 0 radical (unpaired) electrons. The van der Waals surface area contributed by atoms with Crippen molar-refractivity contribution < 1.29 is 19.4 Å². The number of ether oxygens (including phenoxy) is 1. The zero-order chi connectivity index (χ0) is 18.7. The molecule has 1 saturated heterocycles. The molecular weight excluding hydrogens is 332 g/mol. The third kappa shape index (κ3) is 3.79. The van der Waals surface area contributed by atoms with Gasteiger partial charge in [0.05, 0.1) is 23.9 Å². The number of likely N-dealkylation sites (tertiary alicyclic amines) is 1. The molecule has 138 valence electrons. The topological polar surface area (TPSA) is 79.7 Å². The quantitative estimate of drug-likeness (QED) is 0.888. The fraction of sp³-hybridized carbons (Fsp3) is 0.450. The van der Waals surface area contributed by atoms with Gasteiger partial charge in [-0.3, -0.25) is 14.6 Å². The highest BCUT2D eigenvalue weighted by molar-refractivity contribution is 5.99. The number of fused-ring (bicyclic) bond motifs is 1. The van der Waals surface area contributed by atoms with Crippen molar-refractivity contribution in [1.82, 2.24) is 9.88 Å². The molecule has 1 amide bonds. The Morgan fingerprint density at radius 1 is 1.31 bits per heavy atom. The molecular formula is C20H24N2O4. The number of amides is 1. The van der Waals surface area contributed by atoms with E-state index in [4.69, 9.17) is 9.84 Å². The summed E-state index contributed by atoms with van der Waals surface area (Å²) in [7, 11) is 1.61. The molecule has 6 heteroatoms. The van der Waals surface area contributed by atoms with Crippen LogP contribution in [-0.2, 0) is 4.79 Å². The van der Waals surface area contributed by atoms with Crippen molar-refractivity contribution in [2.75, 3.05) is 13.7 Å². The zero-order valence-corrected chi connectivity index (χ0v) is 15.2. The van der Waals surface area contributed by atoms with Crippen LogP contribution in [0.15, 0.2) is 24.3 Å². The van der Waals surface area contributed by atoms with E-state index in [1.807, 2.05) is 36.1 Å².